The summed E-state index contributed by atoms with van der Waals surface area (Å²) in [5.41, 5.74) is 0. The number of rotatable bonds is 3. The number of hydrogen-bond donors (Lipinski definition) is 2. The molecule has 0 heterocycles. The van der Waals surface area contributed by atoms with Crippen molar-refractivity contribution in [2.75, 3.05) is 14.2 Å². The number of methoxy groups -OCH3 is 1. The highest BCUT2D eigenvalue weighted by Crippen LogP contribution is 1.96. The number of hydrogen-bond acceptors (Lipinski definition) is 4. The van der Waals surface area contributed by atoms with Crippen molar-refractivity contribution in [2.24, 2.45) is 0 Å². The maximum atomic E-state index is 10.4. The van der Waals surface area contributed by atoms with Crippen molar-refractivity contribution in [3.05, 3.63) is 0 Å². The first-order valence-electron chi connectivity index (χ1n) is 3.43. The first kappa shape index (κ1) is 13.0. The van der Waals surface area contributed by atoms with Gasteiger partial charge in [-0.15, -0.1) is 0 Å². The molecule has 0 saturated heterocycles. The predicted octanol–water partition coefficient (Wildman–Crippen LogP) is -0.0711. The smallest absolute Gasteiger partial charge is 0.334 e. The Balaban J connectivity index is 0. The van der Waals surface area contributed by atoms with Crippen LogP contribution in [0.5, 0.6) is 0 Å². The highest BCUT2D eigenvalue weighted by atomic mass is 16.5. The van der Waals surface area contributed by atoms with Crippen LogP contribution < -0.4 is 0 Å². The van der Waals surface area contributed by atoms with E-state index < -0.39 is 12.1 Å². The van der Waals surface area contributed by atoms with Crippen LogP contribution in [0.15, 0.2) is 0 Å². The van der Waals surface area contributed by atoms with Gasteiger partial charge in [0.2, 0.25) is 0 Å². The van der Waals surface area contributed by atoms with Gasteiger partial charge in [-0.25, -0.2) is 4.79 Å². The number of ether oxygens (including phenoxy) is 1. The Morgan fingerprint density at radius 3 is 2.27 bits per heavy atom. The second-order valence-corrected chi connectivity index (χ2v) is 1.83. The molecule has 1 atom stereocenters. The average Bonchev–Trinajstić information content (AvgIpc) is 2.07. The van der Waals surface area contributed by atoms with Crippen LogP contribution >= 0.6 is 0 Å². The van der Waals surface area contributed by atoms with Gasteiger partial charge in [0.25, 0.3) is 0 Å². The second-order valence-electron chi connectivity index (χ2n) is 1.83. The number of esters is 1. The molecule has 4 nitrogen and oxygen atoms in total. The van der Waals surface area contributed by atoms with Gasteiger partial charge in [-0.1, -0.05) is 13.3 Å². The molecule has 68 valence electrons. The van der Waals surface area contributed by atoms with Crippen molar-refractivity contribution in [1.82, 2.24) is 0 Å². The molecule has 4 heteroatoms. The quantitative estimate of drug-likeness (QED) is 0.573. The van der Waals surface area contributed by atoms with E-state index in [0.29, 0.717) is 6.42 Å². The van der Waals surface area contributed by atoms with Crippen molar-refractivity contribution in [3.63, 3.8) is 0 Å². The standard InChI is InChI=1S/C6H12O3.CH4O/c1-3-4-5(7)6(8)9-2;1-2/h5,7H,3-4H2,1-2H3;2H,1H3. The summed E-state index contributed by atoms with van der Waals surface area (Å²) in [5.74, 6) is -0.545. The van der Waals surface area contributed by atoms with Gasteiger partial charge in [-0.2, -0.15) is 0 Å². The Bertz CT molecular complexity index is 92.4. The van der Waals surface area contributed by atoms with Gasteiger partial charge in [0.1, 0.15) is 0 Å². The summed E-state index contributed by atoms with van der Waals surface area (Å²) < 4.78 is 4.28. The number of carbonyl (C=O) groups is 1. The van der Waals surface area contributed by atoms with Crippen LogP contribution in [0.4, 0.5) is 0 Å². The average molecular weight is 164 g/mol. The van der Waals surface area contributed by atoms with Crippen LogP contribution in [0.1, 0.15) is 19.8 Å². The van der Waals surface area contributed by atoms with E-state index in [0.717, 1.165) is 13.5 Å². The fourth-order valence-corrected chi connectivity index (χ4v) is 0.527. The highest BCUT2D eigenvalue weighted by molar-refractivity contribution is 5.73. The first-order valence-corrected chi connectivity index (χ1v) is 3.43. The van der Waals surface area contributed by atoms with Crippen molar-refractivity contribution in [2.45, 2.75) is 25.9 Å². The molecule has 0 radical (unpaired) electrons. The maximum Gasteiger partial charge on any atom is 0.334 e. The van der Waals surface area contributed by atoms with Gasteiger partial charge in [-0.05, 0) is 6.42 Å². The van der Waals surface area contributed by atoms with Crippen molar-refractivity contribution in [1.29, 1.82) is 0 Å². The summed E-state index contributed by atoms with van der Waals surface area (Å²) in [5, 5.41) is 15.8. The molecule has 1 unspecified atom stereocenters. The predicted molar refractivity (Wildman–Crippen MR) is 41.1 cm³/mol. The van der Waals surface area contributed by atoms with Gasteiger partial charge in [0.05, 0.1) is 7.11 Å². The van der Waals surface area contributed by atoms with Crippen LogP contribution in [0.25, 0.3) is 0 Å². The lowest BCUT2D eigenvalue weighted by Crippen LogP contribution is -2.20. The van der Waals surface area contributed by atoms with E-state index in [9.17, 15) is 4.79 Å². The minimum atomic E-state index is -0.931. The SMILES string of the molecule is CCCC(O)C(=O)OC.CO. The Labute approximate surface area is 66.8 Å². The molecule has 0 bridgehead atoms. The number of aliphatic hydroxyl groups excluding tert-OH is 2. The molecule has 0 amide bonds. The summed E-state index contributed by atoms with van der Waals surface area (Å²) in [6.07, 6.45) is 0.336. The molecule has 0 aromatic heterocycles. The first-order chi connectivity index (χ1) is 5.22. The number of carbonyl (C=O) groups excluding carboxylic acids is 1. The molecular formula is C7H16O4. The molecule has 11 heavy (non-hydrogen) atoms. The molecule has 2 N–H and O–H groups in total. The molecule has 0 aromatic rings. The largest absolute Gasteiger partial charge is 0.467 e. The van der Waals surface area contributed by atoms with Gasteiger partial charge in [0, 0.05) is 7.11 Å². The lowest BCUT2D eigenvalue weighted by Gasteiger charge is -2.04. The molecule has 0 fully saturated rings. The minimum Gasteiger partial charge on any atom is -0.467 e. The second kappa shape index (κ2) is 9.39. The van der Waals surface area contributed by atoms with Crippen LogP contribution in [0, 0.1) is 0 Å². The van der Waals surface area contributed by atoms with Gasteiger partial charge in [-0.3, -0.25) is 0 Å². The molecular weight excluding hydrogens is 148 g/mol. The van der Waals surface area contributed by atoms with Crippen LogP contribution in [-0.2, 0) is 9.53 Å². The molecule has 0 aromatic carbocycles. The van der Waals surface area contributed by atoms with Gasteiger partial charge < -0.3 is 14.9 Å². The third-order valence-electron chi connectivity index (χ3n) is 1.04. The molecule has 0 aliphatic carbocycles. The summed E-state index contributed by atoms with van der Waals surface area (Å²) in [7, 11) is 2.27. The third kappa shape index (κ3) is 7.29. The number of aliphatic hydroxyl groups is 2. The molecule has 0 aliphatic rings. The lowest BCUT2D eigenvalue weighted by atomic mass is 10.2. The highest BCUT2D eigenvalue weighted by Gasteiger charge is 2.12. The summed E-state index contributed by atoms with van der Waals surface area (Å²) in [6, 6.07) is 0. The van der Waals surface area contributed by atoms with E-state index in [-0.39, 0.29) is 0 Å². The Morgan fingerprint density at radius 1 is 1.55 bits per heavy atom. The fourth-order valence-electron chi connectivity index (χ4n) is 0.527. The zero-order valence-corrected chi connectivity index (χ0v) is 7.20. The summed E-state index contributed by atoms with van der Waals surface area (Å²) >= 11 is 0. The minimum absolute atomic E-state index is 0.479. The third-order valence-corrected chi connectivity index (χ3v) is 1.04. The van der Waals surface area contributed by atoms with E-state index in [1.54, 1.807) is 0 Å². The van der Waals surface area contributed by atoms with E-state index >= 15 is 0 Å². The topological polar surface area (TPSA) is 66.8 Å². The van der Waals surface area contributed by atoms with Crippen molar-refractivity contribution >= 4 is 5.97 Å². The molecule has 0 spiro atoms. The Hall–Kier alpha value is -0.610. The van der Waals surface area contributed by atoms with Crippen molar-refractivity contribution in [3.8, 4) is 0 Å². The molecule has 0 aliphatic heterocycles. The summed E-state index contributed by atoms with van der Waals surface area (Å²) in [6.45, 7) is 1.90. The van der Waals surface area contributed by atoms with Crippen LogP contribution in [0.3, 0.4) is 0 Å². The zero-order valence-electron chi connectivity index (χ0n) is 7.20. The Morgan fingerprint density at radius 2 is 2.00 bits per heavy atom. The maximum absolute atomic E-state index is 10.4. The fraction of sp³-hybridized carbons (Fsp3) is 0.857. The molecule has 0 rings (SSSR count). The molecule has 0 saturated carbocycles. The van der Waals surface area contributed by atoms with Gasteiger partial charge >= 0.3 is 5.97 Å². The monoisotopic (exact) mass is 164 g/mol. The van der Waals surface area contributed by atoms with E-state index in [4.69, 9.17) is 10.2 Å². The van der Waals surface area contributed by atoms with E-state index in [2.05, 4.69) is 4.74 Å². The van der Waals surface area contributed by atoms with Crippen LogP contribution in [-0.4, -0.2) is 36.5 Å². The zero-order chi connectivity index (χ0) is 9.28. The van der Waals surface area contributed by atoms with Gasteiger partial charge in [0.15, 0.2) is 6.10 Å². The van der Waals surface area contributed by atoms with E-state index in [1.165, 1.54) is 7.11 Å². The normalized spacial score (nSPS) is 11.0. The van der Waals surface area contributed by atoms with Crippen molar-refractivity contribution < 1.29 is 19.7 Å². The van der Waals surface area contributed by atoms with Crippen LogP contribution in [0.2, 0.25) is 0 Å². The summed E-state index contributed by atoms with van der Waals surface area (Å²) in [4.78, 5) is 10.4. The Kier molecular flexibility index (Phi) is 11.1. The lowest BCUT2D eigenvalue weighted by molar-refractivity contribution is -0.150. The van der Waals surface area contributed by atoms with E-state index in [1.807, 2.05) is 6.92 Å².